The lowest BCUT2D eigenvalue weighted by atomic mass is 9.91. The van der Waals surface area contributed by atoms with Crippen LogP contribution in [0, 0.1) is 0 Å². The van der Waals surface area contributed by atoms with Crippen LogP contribution in [0.2, 0.25) is 0 Å². The summed E-state index contributed by atoms with van der Waals surface area (Å²) >= 11 is 0. The minimum atomic E-state index is -0.389. The van der Waals surface area contributed by atoms with E-state index in [4.69, 9.17) is 10.5 Å². The average molecular weight is 256 g/mol. The van der Waals surface area contributed by atoms with Gasteiger partial charge in [0.25, 0.3) is 5.91 Å². The summed E-state index contributed by atoms with van der Waals surface area (Å²) in [4.78, 5) is 14.0. The van der Waals surface area contributed by atoms with E-state index in [1.807, 2.05) is 0 Å². The Bertz CT molecular complexity index is 298. The molecule has 0 spiro atoms. The van der Waals surface area contributed by atoms with Crippen molar-refractivity contribution < 1.29 is 14.6 Å². The fourth-order valence-electron chi connectivity index (χ4n) is 2.99. The summed E-state index contributed by atoms with van der Waals surface area (Å²) in [7, 11) is 1.78. The third-order valence-corrected chi connectivity index (χ3v) is 4.18. The fourth-order valence-corrected chi connectivity index (χ4v) is 2.99. The van der Waals surface area contributed by atoms with Crippen LogP contribution in [0.4, 0.5) is 0 Å². The molecule has 0 bridgehead atoms. The maximum atomic E-state index is 12.3. The van der Waals surface area contributed by atoms with E-state index in [0.717, 1.165) is 38.5 Å². The molecule has 2 aliphatic rings. The van der Waals surface area contributed by atoms with E-state index in [2.05, 4.69) is 0 Å². The molecule has 1 saturated heterocycles. The third kappa shape index (κ3) is 2.84. The predicted octanol–water partition coefficient (Wildman–Crippen LogP) is 0.255. The standard InChI is InChI=1S/C13H24N2O3/c1-15(10-4-2-3-5-11(10)16)13(17)12-7-6-9(8-14)18-12/h9-12,16H,2-8,14H2,1H3. The molecule has 5 nitrogen and oxygen atoms in total. The van der Waals surface area contributed by atoms with Crippen LogP contribution in [0.5, 0.6) is 0 Å². The van der Waals surface area contributed by atoms with Crippen molar-refractivity contribution in [1.82, 2.24) is 4.90 Å². The zero-order chi connectivity index (χ0) is 13.1. The number of nitrogens with two attached hydrogens (primary N) is 1. The Balaban J connectivity index is 1.92. The lowest BCUT2D eigenvalue weighted by Gasteiger charge is -2.36. The quantitative estimate of drug-likeness (QED) is 0.759. The van der Waals surface area contributed by atoms with E-state index in [1.165, 1.54) is 0 Å². The topological polar surface area (TPSA) is 75.8 Å². The number of carbonyl (C=O) groups excluding carboxylic acids is 1. The van der Waals surface area contributed by atoms with Crippen LogP contribution >= 0.6 is 0 Å². The number of aliphatic hydroxyl groups excluding tert-OH is 1. The van der Waals surface area contributed by atoms with E-state index in [1.54, 1.807) is 11.9 Å². The highest BCUT2D eigenvalue weighted by molar-refractivity contribution is 5.81. The minimum Gasteiger partial charge on any atom is -0.391 e. The lowest BCUT2D eigenvalue weighted by molar-refractivity contribution is -0.146. The number of likely N-dealkylation sites (N-methyl/N-ethyl adjacent to an activating group) is 1. The van der Waals surface area contributed by atoms with Gasteiger partial charge < -0.3 is 20.5 Å². The molecule has 1 saturated carbocycles. The van der Waals surface area contributed by atoms with Crippen LogP contribution < -0.4 is 5.73 Å². The number of nitrogens with zero attached hydrogens (tertiary/aromatic N) is 1. The summed E-state index contributed by atoms with van der Waals surface area (Å²) < 4.78 is 5.62. The number of hydrogen-bond donors (Lipinski definition) is 2. The van der Waals surface area contributed by atoms with Gasteiger partial charge in [-0.2, -0.15) is 0 Å². The molecule has 0 aromatic rings. The Labute approximate surface area is 108 Å². The van der Waals surface area contributed by atoms with E-state index in [-0.39, 0.29) is 30.3 Å². The Morgan fingerprint density at radius 1 is 1.33 bits per heavy atom. The normalized spacial score (nSPS) is 36.6. The molecule has 1 aliphatic heterocycles. The van der Waals surface area contributed by atoms with Gasteiger partial charge in [0.15, 0.2) is 0 Å². The molecular weight excluding hydrogens is 232 g/mol. The summed E-state index contributed by atoms with van der Waals surface area (Å²) in [5, 5.41) is 9.97. The highest BCUT2D eigenvalue weighted by Gasteiger charge is 2.36. The second-order valence-electron chi connectivity index (χ2n) is 5.43. The minimum absolute atomic E-state index is 0.00287. The van der Waals surface area contributed by atoms with Gasteiger partial charge in [0.1, 0.15) is 6.10 Å². The predicted molar refractivity (Wildman–Crippen MR) is 68.0 cm³/mol. The van der Waals surface area contributed by atoms with Gasteiger partial charge in [-0.25, -0.2) is 0 Å². The van der Waals surface area contributed by atoms with Crippen molar-refractivity contribution in [3.05, 3.63) is 0 Å². The van der Waals surface area contributed by atoms with Gasteiger partial charge in [0.2, 0.25) is 0 Å². The molecule has 2 fully saturated rings. The van der Waals surface area contributed by atoms with Crippen molar-refractivity contribution in [3.8, 4) is 0 Å². The van der Waals surface area contributed by atoms with Crippen molar-refractivity contribution in [1.29, 1.82) is 0 Å². The number of aliphatic hydroxyl groups is 1. The van der Waals surface area contributed by atoms with Crippen molar-refractivity contribution in [2.24, 2.45) is 5.73 Å². The van der Waals surface area contributed by atoms with Gasteiger partial charge in [0, 0.05) is 13.6 Å². The molecule has 1 heterocycles. The molecule has 4 atom stereocenters. The summed E-state index contributed by atoms with van der Waals surface area (Å²) in [6.07, 6.45) is 4.67. The lowest BCUT2D eigenvalue weighted by Crippen LogP contribution is -2.49. The zero-order valence-electron chi connectivity index (χ0n) is 11.0. The van der Waals surface area contributed by atoms with Crippen molar-refractivity contribution in [3.63, 3.8) is 0 Å². The van der Waals surface area contributed by atoms with Gasteiger partial charge in [-0.05, 0) is 25.7 Å². The summed E-state index contributed by atoms with van der Waals surface area (Å²) in [5.41, 5.74) is 5.55. The molecular formula is C13H24N2O3. The monoisotopic (exact) mass is 256 g/mol. The number of ether oxygens (including phenoxy) is 1. The van der Waals surface area contributed by atoms with Gasteiger partial charge in [-0.15, -0.1) is 0 Å². The molecule has 1 aliphatic carbocycles. The number of amides is 1. The smallest absolute Gasteiger partial charge is 0.251 e. The molecule has 3 N–H and O–H groups in total. The summed E-state index contributed by atoms with van der Waals surface area (Å²) in [5.74, 6) is -0.00287. The molecule has 4 unspecified atom stereocenters. The number of carbonyl (C=O) groups is 1. The van der Waals surface area contributed by atoms with Crippen LogP contribution in [-0.4, -0.2) is 53.9 Å². The van der Waals surface area contributed by atoms with E-state index >= 15 is 0 Å². The zero-order valence-corrected chi connectivity index (χ0v) is 11.0. The van der Waals surface area contributed by atoms with Crippen LogP contribution in [0.3, 0.4) is 0 Å². The maximum Gasteiger partial charge on any atom is 0.251 e. The summed E-state index contributed by atoms with van der Waals surface area (Å²) in [6, 6.07) is -0.0493. The summed E-state index contributed by atoms with van der Waals surface area (Å²) in [6.45, 7) is 0.472. The Morgan fingerprint density at radius 2 is 2.06 bits per heavy atom. The van der Waals surface area contributed by atoms with E-state index in [0.29, 0.717) is 6.54 Å². The van der Waals surface area contributed by atoms with Crippen LogP contribution in [0.1, 0.15) is 38.5 Å². The van der Waals surface area contributed by atoms with E-state index < -0.39 is 0 Å². The van der Waals surface area contributed by atoms with Gasteiger partial charge in [-0.3, -0.25) is 4.79 Å². The molecule has 5 heteroatoms. The Hall–Kier alpha value is -0.650. The van der Waals surface area contributed by atoms with Gasteiger partial charge in [-0.1, -0.05) is 12.8 Å². The highest BCUT2D eigenvalue weighted by Crippen LogP contribution is 2.26. The first-order chi connectivity index (χ1) is 8.63. The number of hydrogen-bond acceptors (Lipinski definition) is 4. The van der Waals surface area contributed by atoms with Crippen LogP contribution in [0.15, 0.2) is 0 Å². The first kappa shape index (κ1) is 13.8. The molecule has 0 aromatic carbocycles. The second-order valence-corrected chi connectivity index (χ2v) is 5.43. The molecule has 2 rings (SSSR count). The SMILES string of the molecule is CN(C(=O)C1CCC(CN)O1)C1CCCCC1O. The molecule has 104 valence electrons. The van der Waals surface area contributed by atoms with Crippen LogP contribution in [0.25, 0.3) is 0 Å². The van der Waals surface area contributed by atoms with Gasteiger partial charge >= 0.3 is 0 Å². The van der Waals surface area contributed by atoms with E-state index in [9.17, 15) is 9.90 Å². The maximum absolute atomic E-state index is 12.3. The van der Waals surface area contributed by atoms with Crippen molar-refractivity contribution in [2.75, 3.05) is 13.6 Å². The Morgan fingerprint density at radius 3 is 2.67 bits per heavy atom. The van der Waals surface area contributed by atoms with Gasteiger partial charge in [0.05, 0.1) is 18.2 Å². The molecule has 1 amide bonds. The first-order valence-electron chi connectivity index (χ1n) is 6.93. The number of rotatable bonds is 3. The third-order valence-electron chi connectivity index (χ3n) is 4.18. The molecule has 0 aromatic heterocycles. The van der Waals surface area contributed by atoms with Crippen LogP contribution in [-0.2, 0) is 9.53 Å². The van der Waals surface area contributed by atoms with Crippen molar-refractivity contribution >= 4 is 5.91 Å². The molecule has 18 heavy (non-hydrogen) atoms. The molecule has 0 radical (unpaired) electrons. The Kier molecular flexibility index (Phi) is 4.59. The average Bonchev–Trinajstić information content (AvgIpc) is 2.86. The largest absolute Gasteiger partial charge is 0.391 e. The highest BCUT2D eigenvalue weighted by atomic mass is 16.5. The van der Waals surface area contributed by atoms with Crippen molar-refractivity contribution in [2.45, 2.75) is 62.9 Å². The second kappa shape index (κ2) is 5.99. The first-order valence-corrected chi connectivity index (χ1v) is 6.93. The fraction of sp³-hybridized carbons (Fsp3) is 0.923.